The molecule has 2 fully saturated rings. The molecule has 2 saturated heterocycles. The van der Waals surface area contributed by atoms with E-state index in [1.165, 1.54) is 0 Å². The maximum Gasteiger partial charge on any atom is 0.303 e. The number of benzene rings is 2. The predicted octanol–water partition coefficient (Wildman–Crippen LogP) is 6.13. The normalized spacial score (nSPS) is 16.5. The van der Waals surface area contributed by atoms with Gasteiger partial charge in [-0.25, -0.2) is 9.97 Å². The fourth-order valence-corrected chi connectivity index (χ4v) is 7.76. The number of amides is 1. The average molecular weight is 646 g/mol. The number of para-hydroxylation sites is 1. The third kappa shape index (κ3) is 6.27. The number of hydrogen-bond donors (Lipinski definition) is 1. The van der Waals surface area contributed by atoms with Crippen molar-refractivity contribution in [3.05, 3.63) is 101 Å². The van der Waals surface area contributed by atoms with Gasteiger partial charge in [0.2, 0.25) is 5.91 Å². The van der Waals surface area contributed by atoms with Crippen LogP contribution in [0.4, 0.5) is 5.82 Å². The molecule has 9 nitrogen and oxygen atoms in total. The van der Waals surface area contributed by atoms with Crippen LogP contribution in [-0.2, 0) is 27.3 Å². The lowest BCUT2D eigenvalue weighted by atomic mass is 9.80. The molecule has 3 aromatic heterocycles. The van der Waals surface area contributed by atoms with Crippen molar-refractivity contribution in [1.82, 2.24) is 19.4 Å². The van der Waals surface area contributed by atoms with E-state index >= 15 is 0 Å². The Hall–Kier alpha value is -4.76. The Kier molecular flexibility index (Phi) is 9.13. The first kappa shape index (κ1) is 31.8. The summed E-state index contributed by atoms with van der Waals surface area (Å²) in [7, 11) is 0. The number of aliphatic carboxylic acids is 1. The minimum absolute atomic E-state index is 0.0820. The molecule has 2 aliphatic rings. The Balaban J connectivity index is 1.16. The summed E-state index contributed by atoms with van der Waals surface area (Å²) >= 11 is 0. The lowest BCUT2D eigenvalue weighted by Gasteiger charge is -2.39. The van der Waals surface area contributed by atoms with E-state index in [9.17, 15) is 14.7 Å². The number of pyridine rings is 2. The molecule has 2 aromatic carbocycles. The third-order valence-corrected chi connectivity index (χ3v) is 10.3. The Morgan fingerprint density at radius 2 is 1.67 bits per heavy atom. The number of aromatic nitrogens is 3. The molecule has 1 amide bonds. The number of ether oxygens (including phenoxy) is 1. The number of nitrogens with zero attached hydrogens (tertiary/aromatic N) is 5. The quantitative estimate of drug-likeness (QED) is 0.206. The van der Waals surface area contributed by atoms with Crippen molar-refractivity contribution in [2.45, 2.75) is 52.0 Å². The molecule has 0 unspecified atom stereocenters. The number of aryl methyl sites for hydroxylation is 2. The fraction of sp³-hybridized carbons (Fsp3) is 0.385. The van der Waals surface area contributed by atoms with Crippen LogP contribution in [0.15, 0.2) is 72.9 Å². The highest BCUT2D eigenvalue weighted by Crippen LogP contribution is 2.36. The number of fused-ring (bicyclic) bond motifs is 3. The molecule has 248 valence electrons. The number of carbonyl (C=O) groups excluding carboxylic acids is 1. The molecule has 9 heteroatoms. The first-order valence-electron chi connectivity index (χ1n) is 17.1. The summed E-state index contributed by atoms with van der Waals surface area (Å²) in [6.07, 6.45) is 4.12. The van der Waals surface area contributed by atoms with E-state index in [-0.39, 0.29) is 24.2 Å². The third-order valence-electron chi connectivity index (χ3n) is 10.3. The van der Waals surface area contributed by atoms with E-state index in [1.54, 1.807) is 0 Å². The zero-order valence-corrected chi connectivity index (χ0v) is 27.8. The molecule has 0 spiro atoms. The second-order valence-electron chi connectivity index (χ2n) is 13.2. The molecular formula is C39H43N5O4. The number of carboxylic acids is 1. The maximum absolute atomic E-state index is 14.3. The van der Waals surface area contributed by atoms with Crippen molar-refractivity contribution in [2.75, 3.05) is 44.3 Å². The van der Waals surface area contributed by atoms with Gasteiger partial charge in [-0.2, -0.15) is 0 Å². The molecule has 7 rings (SSSR count). The van der Waals surface area contributed by atoms with Gasteiger partial charge in [0, 0.05) is 75.0 Å². The van der Waals surface area contributed by atoms with Gasteiger partial charge in [-0.15, -0.1) is 0 Å². The number of hydrogen-bond acceptors (Lipinski definition) is 6. The van der Waals surface area contributed by atoms with Crippen LogP contribution < -0.4 is 4.90 Å². The second kappa shape index (κ2) is 13.8. The average Bonchev–Trinajstić information content (AvgIpc) is 3.42. The number of carboxylic acid groups (broad SMARTS) is 1. The van der Waals surface area contributed by atoms with Crippen molar-refractivity contribution in [2.24, 2.45) is 5.92 Å². The van der Waals surface area contributed by atoms with E-state index in [4.69, 9.17) is 9.72 Å². The molecule has 0 aliphatic carbocycles. The molecule has 0 radical (unpaired) electrons. The smallest absolute Gasteiger partial charge is 0.303 e. The van der Waals surface area contributed by atoms with Crippen LogP contribution in [0.25, 0.3) is 21.9 Å². The van der Waals surface area contributed by atoms with Gasteiger partial charge in [0.15, 0.2) is 0 Å². The summed E-state index contributed by atoms with van der Waals surface area (Å²) in [6, 6.07) is 22.9. The van der Waals surface area contributed by atoms with Crippen molar-refractivity contribution in [1.29, 1.82) is 0 Å². The highest BCUT2D eigenvalue weighted by molar-refractivity contribution is 6.08. The van der Waals surface area contributed by atoms with E-state index in [1.807, 2.05) is 42.3 Å². The molecule has 1 N–H and O–H groups in total. The monoisotopic (exact) mass is 645 g/mol. The van der Waals surface area contributed by atoms with E-state index in [0.717, 1.165) is 81.6 Å². The first-order valence-corrected chi connectivity index (χ1v) is 17.1. The molecule has 0 bridgehead atoms. The number of rotatable bonds is 9. The van der Waals surface area contributed by atoms with E-state index < -0.39 is 5.97 Å². The van der Waals surface area contributed by atoms with E-state index in [0.29, 0.717) is 39.3 Å². The van der Waals surface area contributed by atoms with Crippen molar-refractivity contribution in [3.8, 4) is 0 Å². The van der Waals surface area contributed by atoms with Crippen LogP contribution in [0.2, 0.25) is 0 Å². The highest BCUT2D eigenvalue weighted by atomic mass is 16.5. The zero-order valence-electron chi connectivity index (χ0n) is 27.8. The summed E-state index contributed by atoms with van der Waals surface area (Å²) in [6.45, 7) is 9.00. The summed E-state index contributed by atoms with van der Waals surface area (Å²) in [5, 5.41) is 11.5. The first-order chi connectivity index (χ1) is 23.4. The minimum atomic E-state index is -0.802. The lowest BCUT2D eigenvalue weighted by molar-refractivity contribution is -0.137. The number of anilines is 1. The summed E-state index contributed by atoms with van der Waals surface area (Å²) in [5.41, 5.74) is 7.20. The molecule has 48 heavy (non-hydrogen) atoms. The SMILES string of the molecule is Cc1nc2c(c(C)c1CCC(=O)O)c1ccccc1n2Cc1ccc([C@@H](C(=O)N2CCN(c3ccccn3)CC2)C2CCOCC2)cc1. The number of piperazine rings is 1. The van der Waals surface area contributed by atoms with Crippen LogP contribution in [0.5, 0.6) is 0 Å². The summed E-state index contributed by atoms with van der Waals surface area (Å²) in [5.74, 6) is 0.418. The predicted molar refractivity (Wildman–Crippen MR) is 188 cm³/mol. The van der Waals surface area contributed by atoms with Gasteiger partial charge >= 0.3 is 5.97 Å². The lowest BCUT2D eigenvalue weighted by Crippen LogP contribution is -2.51. The molecular weight excluding hydrogens is 602 g/mol. The molecule has 5 heterocycles. The van der Waals surface area contributed by atoms with Gasteiger partial charge in [-0.1, -0.05) is 48.5 Å². The Bertz CT molecular complexity index is 1920. The van der Waals surface area contributed by atoms with Gasteiger partial charge < -0.3 is 24.2 Å². The Morgan fingerprint density at radius 3 is 2.38 bits per heavy atom. The molecule has 1 atom stereocenters. The van der Waals surface area contributed by atoms with E-state index in [2.05, 4.69) is 63.8 Å². The highest BCUT2D eigenvalue weighted by Gasteiger charge is 2.35. The number of carbonyl (C=O) groups is 2. The zero-order chi connectivity index (χ0) is 33.2. The Morgan fingerprint density at radius 1 is 0.938 bits per heavy atom. The van der Waals surface area contributed by atoms with Gasteiger partial charge in [0.25, 0.3) is 0 Å². The van der Waals surface area contributed by atoms with Crippen molar-refractivity contribution >= 4 is 39.6 Å². The van der Waals surface area contributed by atoms with Crippen LogP contribution >= 0.6 is 0 Å². The Labute approximate surface area is 281 Å². The molecule has 5 aromatic rings. The van der Waals surface area contributed by atoms with Crippen LogP contribution in [0, 0.1) is 19.8 Å². The largest absolute Gasteiger partial charge is 0.481 e. The van der Waals surface area contributed by atoms with Crippen molar-refractivity contribution < 1.29 is 19.4 Å². The minimum Gasteiger partial charge on any atom is -0.481 e. The standard InChI is InChI=1S/C39H43N5O4/c1-26-31(14-15-35(45)46)27(2)41-38-36(26)32-7-3-4-8-33(32)44(38)25-28-10-12-29(13-11-28)37(30-16-23-48-24-17-30)39(47)43-21-19-42(20-22-43)34-9-5-6-18-40-34/h3-13,18,30,37H,14-17,19-25H2,1-2H3,(H,45,46)/t37-/m1/s1. The fourth-order valence-electron chi connectivity index (χ4n) is 7.76. The van der Waals surface area contributed by atoms with Gasteiger partial charge in [0.05, 0.1) is 11.4 Å². The van der Waals surface area contributed by atoms with Gasteiger partial charge in [-0.05, 0) is 79.5 Å². The van der Waals surface area contributed by atoms with Crippen LogP contribution in [0.3, 0.4) is 0 Å². The maximum atomic E-state index is 14.3. The summed E-state index contributed by atoms with van der Waals surface area (Å²) in [4.78, 5) is 39.5. The van der Waals surface area contributed by atoms with Gasteiger partial charge in [-0.3, -0.25) is 9.59 Å². The van der Waals surface area contributed by atoms with Crippen LogP contribution in [-0.4, -0.2) is 75.8 Å². The van der Waals surface area contributed by atoms with Crippen molar-refractivity contribution in [3.63, 3.8) is 0 Å². The topological polar surface area (TPSA) is 101 Å². The van der Waals surface area contributed by atoms with Gasteiger partial charge in [0.1, 0.15) is 11.5 Å². The van der Waals surface area contributed by atoms with Crippen LogP contribution in [0.1, 0.15) is 53.1 Å². The molecule has 0 saturated carbocycles. The molecule has 2 aliphatic heterocycles. The summed E-state index contributed by atoms with van der Waals surface area (Å²) < 4.78 is 7.96. The second-order valence-corrected chi connectivity index (χ2v) is 13.2.